The summed E-state index contributed by atoms with van der Waals surface area (Å²) in [6, 6.07) is 0. The number of nitrogens with one attached hydrogen (secondary N) is 1. The smallest absolute Gasteiger partial charge is 0.224 e. The van der Waals surface area contributed by atoms with Gasteiger partial charge in [-0.05, 0) is 57.4 Å². The molecule has 1 fully saturated rings. The Morgan fingerprint density at radius 3 is 2.78 bits per heavy atom. The summed E-state index contributed by atoms with van der Waals surface area (Å²) in [5, 5.41) is 3.47. The number of rotatable bonds is 5. The number of aromatic nitrogens is 2. The van der Waals surface area contributed by atoms with Gasteiger partial charge in [0.1, 0.15) is 0 Å². The summed E-state index contributed by atoms with van der Waals surface area (Å²) >= 11 is 5.81. The van der Waals surface area contributed by atoms with Gasteiger partial charge in [0.15, 0.2) is 5.82 Å². The Kier molecular flexibility index (Phi) is 4.60. The number of nitrogens with two attached hydrogens (primary N) is 1. The third-order valence-corrected chi connectivity index (χ3v) is 3.42. The highest BCUT2D eigenvalue weighted by atomic mass is 35.5. The minimum absolute atomic E-state index is 0.240. The molecule has 0 radical (unpaired) electrons. The fourth-order valence-corrected chi connectivity index (χ4v) is 2.41. The number of anilines is 2. The van der Waals surface area contributed by atoms with E-state index in [-0.39, 0.29) is 5.28 Å². The van der Waals surface area contributed by atoms with E-state index in [0.29, 0.717) is 11.5 Å². The number of nitrogens with zero attached hydrogens (tertiary/aromatic N) is 3. The van der Waals surface area contributed by atoms with E-state index in [9.17, 15) is 0 Å². The SMILES string of the molecule is Cc1nc(Cl)nc(NCCCN2CCCC2)c1N. The van der Waals surface area contributed by atoms with Crippen molar-refractivity contribution in [1.29, 1.82) is 0 Å². The first-order chi connectivity index (χ1) is 8.66. The monoisotopic (exact) mass is 269 g/mol. The average molecular weight is 270 g/mol. The van der Waals surface area contributed by atoms with Gasteiger partial charge < -0.3 is 16.0 Å². The van der Waals surface area contributed by atoms with Crippen LogP contribution < -0.4 is 11.1 Å². The van der Waals surface area contributed by atoms with Crippen LogP contribution in [-0.2, 0) is 0 Å². The van der Waals surface area contributed by atoms with Gasteiger partial charge in [-0.15, -0.1) is 0 Å². The topological polar surface area (TPSA) is 67.1 Å². The van der Waals surface area contributed by atoms with Gasteiger partial charge >= 0.3 is 0 Å². The number of likely N-dealkylation sites (tertiary alicyclic amines) is 1. The fourth-order valence-electron chi connectivity index (χ4n) is 2.20. The van der Waals surface area contributed by atoms with Crippen LogP contribution in [0, 0.1) is 6.92 Å². The van der Waals surface area contributed by atoms with E-state index < -0.39 is 0 Å². The first-order valence-electron chi connectivity index (χ1n) is 6.42. The van der Waals surface area contributed by atoms with Gasteiger partial charge in [0.2, 0.25) is 5.28 Å². The first kappa shape index (κ1) is 13.4. The highest BCUT2D eigenvalue weighted by Crippen LogP contribution is 2.20. The Labute approximate surface area is 113 Å². The number of aryl methyl sites for hydroxylation is 1. The molecule has 1 aliphatic heterocycles. The highest BCUT2D eigenvalue weighted by Gasteiger charge is 2.11. The molecule has 0 bridgehead atoms. The van der Waals surface area contributed by atoms with Crippen LogP contribution in [0.15, 0.2) is 0 Å². The quantitative estimate of drug-likeness (QED) is 0.631. The van der Waals surface area contributed by atoms with Crippen LogP contribution >= 0.6 is 11.6 Å². The summed E-state index contributed by atoms with van der Waals surface area (Å²) in [6.07, 6.45) is 3.75. The van der Waals surface area contributed by atoms with E-state index in [1.54, 1.807) is 0 Å². The van der Waals surface area contributed by atoms with Gasteiger partial charge in [-0.2, -0.15) is 4.98 Å². The molecule has 0 aromatic carbocycles. The van der Waals surface area contributed by atoms with E-state index in [0.717, 1.165) is 25.2 Å². The zero-order valence-corrected chi connectivity index (χ0v) is 11.5. The zero-order valence-electron chi connectivity index (χ0n) is 10.7. The lowest BCUT2D eigenvalue weighted by Gasteiger charge is -2.15. The third kappa shape index (κ3) is 3.46. The summed E-state index contributed by atoms with van der Waals surface area (Å²) in [7, 11) is 0. The van der Waals surface area contributed by atoms with Crippen molar-refractivity contribution in [3.63, 3.8) is 0 Å². The third-order valence-electron chi connectivity index (χ3n) is 3.25. The number of nitrogen functional groups attached to an aromatic ring is 1. The Morgan fingerprint density at radius 1 is 1.33 bits per heavy atom. The molecule has 0 aliphatic carbocycles. The van der Waals surface area contributed by atoms with Crippen molar-refractivity contribution in [2.24, 2.45) is 0 Å². The van der Waals surface area contributed by atoms with E-state index >= 15 is 0 Å². The summed E-state index contributed by atoms with van der Waals surface area (Å²) in [5.41, 5.74) is 7.20. The molecule has 0 amide bonds. The predicted molar refractivity (Wildman–Crippen MR) is 75.0 cm³/mol. The van der Waals surface area contributed by atoms with Gasteiger partial charge in [-0.25, -0.2) is 4.98 Å². The molecule has 100 valence electrons. The van der Waals surface area contributed by atoms with Crippen LogP contribution in [-0.4, -0.2) is 41.0 Å². The molecule has 18 heavy (non-hydrogen) atoms. The lowest BCUT2D eigenvalue weighted by Crippen LogP contribution is -2.22. The molecule has 5 nitrogen and oxygen atoms in total. The van der Waals surface area contributed by atoms with Gasteiger partial charge in [-0.1, -0.05) is 0 Å². The zero-order chi connectivity index (χ0) is 13.0. The second kappa shape index (κ2) is 6.20. The Hall–Kier alpha value is -1.07. The lowest BCUT2D eigenvalue weighted by atomic mass is 10.3. The normalized spacial score (nSPS) is 16.1. The predicted octanol–water partition coefficient (Wildman–Crippen LogP) is 1.92. The molecule has 0 saturated carbocycles. The molecule has 1 aliphatic rings. The average Bonchev–Trinajstić information content (AvgIpc) is 2.83. The van der Waals surface area contributed by atoms with Crippen molar-refractivity contribution in [2.45, 2.75) is 26.2 Å². The number of hydrogen-bond acceptors (Lipinski definition) is 5. The molecule has 2 heterocycles. The Balaban J connectivity index is 1.79. The van der Waals surface area contributed by atoms with Gasteiger partial charge in [0, 0.05) is 6.54 Å². The first-order valence-corrected chi connectivity index (χ1v) is 6.80. The fraction of sp³-hybridized carbons (Fsp3) is 0.667. The van der Waals surface area contributed by atoms with Crippen LogP contribution in [0.4, 0.5) is 11.5 Å². The van der Waals surface area contributed by atoms with Crippen LogP contribution in [0.25, 0.3) is 0 Å². The summed E-state index contributed by atoms with van der Waals surface area (Å²) < 4.78 is 0. The van der Waals surface area contributed by atoms with E-state index in [1.807, 2.05) is 6.92 Å². The molecule has 0 unspecified atom stereocenters. The highest BCUT2D eigenvalue weighted by molar-refractivity contribution is 6.28. The molecule has 0 atom stereocenters. The second-order valence-electron chi connectivity index (χ2n) is 4.67. The molecular weight excluding hydrogens is 250 g/mol. The van der Waals surface area contributed by atoms with Crippen molar-refractivity contribution < 1.29 is 0 Å². The maximum Gasteiger partial charge on any atom is 0.224 e. The van der Waals surface area contributed by atoms with Crippen molar-refractivity contribution in [2.75, 3.05) is 37.2 Å². The minimum atomic E-state index is 0.240. The summed E-state index contributed by atoms with van der Waals surface area (Å²) in [5.74, 6) is 0.647. The van der Waals surface area contributed by atoms with Crippen molar-refractivity contribution >= 4 is 23.1 Å². The second-order valence-corrected chi connectivity index (χ2v) is 5.01. The molecular formula is C12H20ClN5. The van der Waals surface area contributed by atoms with E-state index in [2.05, 4.69) is 20.2 Å². The van der Waals surface area contributed by atoms with E-state index in [1.165, 1.54) is 25.9 Å². The van der Waals surface area contributed by atoms with Crippen LogP contribution in [0.3, 0.4) is 0 Å². The van der Waals surface area contributed by atoms with Gasteiger partial charge in [0.05, 0.1) is 11.4 Å². The Morgan fingerprint density at radius 2 is 2.06 bits per heavy atom. The van der Waals surface area contributed by atoms with Crippen molar-refractivity contribution in [3.8, 4) is 0 Å². The summed E-state index contributed by atoms with van der Waals surface area (Å²) in [4.78, 5) is 10.6. The van der Waals surface area contributed by atoms with Gasteiger partial charge in [0.25, 0.3) is 0 Å². The Bertz CT molecular complexity index is 404. The molecule has 2 rings (SSSR count). The minimum Gasteiger partial charge on any atom is -0.394 e. The molecule has 3 N–H and O–H groups in total. The molecule has 1 saturated heterocycles. The molecule has 1 aromatic heterocycles. The van der Waals surface area contributed by atoms with Crippen molar-refractivity contribution in [3.05, 3.63) is 11.0 Å². The van der Waals surface area contributed by atoms with Crippen LogP contribution in [0.2, 0.25) is 5.28 Å². The van der Waals surface area contributed by atoms with E-state index in [4.69, 9.17) is 17.3 Å². The van der Waals surface area contributed by atoms with Gasteiger partial charge in [-0.3, -0.25) is 0 Å². The van der Waals surface area contributed by atoms with Crippen molar-refractivity contribution in [1.82, 2.24) is 14.9 Å². The maximum absolute atomic E-state index is 5.90. The molecule has 1 aromatic rings. The molecule has 6 heteroatoms. The number of halogens is 1. The standard InChI is InChI=1S/C12H20ClN5/c1-9-10(14)11(17-12(13)16-9)15-5-4-8-18-6-2-3-7-18/h2-8,14H2,1H3,(H,15,16,17). The molecule has 0 spiro atoms. The maximum atomic E-state index is 5.90. The largest absolute Gasteiger partial charge is 0.394 e. The lowest BCUT2D eigenvalue weighted by molar-refractivity contribution is 0.337. The number of hydrogen-bond donors (Lipinski definition) is 2. The summed E-state index contributed by atoms with van der Waals surface area (Å²) in [6.45, 7) is 6.29. The van der Waals surface area contributed by atoms with Crippen LogP contribution in [0.5, 0.6) is 0 Å². The van der Waals surface area contributed by atoms with Crippen LogP contribution in [0.1, 0.15) is 25.0 Å².